The first-order valence-electron chi connectivity index (χ1n) is 16.5. The van der Waals surface area contributed by atoms with E-state index in [-0.39, 0.29) is 30.5 Å². The van der Waals surface area contributed by atoms with Crippen LogP contribution in [0.3, 0.4) is 0 Å². The van der Waals surface area contributed by atoms with Crippen LogP contribution < -0.4 is 0 Å². The number of cyclic esters (lactones) is 1. The van der Waals surface area contributed by atoms with E-state index in [2.05, 4.69) is 13.8 Å². The summed E-state index contributed by atoms with van der Waals surface area (Å²) in [6, 6.07) is 0. The molecule has 0 aromatic carbocycles. The van der Waals surface area contributed by atoms with Gasteiger partial charge in [-0.25, -0.2) is 0 Å². The molecule has 260 valence electrons. The summed E-state index contributed by atoms with van der Waals surface area (Å²) in [7, 11) is 3.13. The second-order valence-corrected chi connectivity index (χ2v) is 14.0. The number of hydrogen-bond acceptors (Lipinski definition) is 10. The molecule has 44 heavy (non-hydrogen) atoms. The van der Waals surface area contributed by atoms with Crippen LogP contribution in [0.15, 0.2) is 0 Å². The summed E-state index contributed by atoms with van der Waals surface area (Å²) in [6.45, 7) is 22.0. The fourth-order valence-electron chi connectivity index (χ4n) is 6.77. The van der Waals surface area contributed by atoms with E-state index in [1.807, 2.05) is 27.7 Å². The molecule has 14 atom stereocenters. The number of hydrogen-bond donors (Lipinski definition) is 3. The first-order valence-corrected chi connectivity index (χ1v) is 16.5. The molecule has 0 bridgehead atoms. The molecule has 0 aliphatic carbocycles. The molecule has 0 saturated carbocycles. The molecule has 0 aromatic rings. The number of Topliss-reactive ketones (excluding diaryl/α,β-unsaturated/α-hetero) is 1. The number of ketones is 1. The Hall–Kier alpha value is -1.14. The van der Waals surface area contributed by atoms with E-state index >= 15 is 0 Å². The molecule has 0 unspecified atom stereocenters. The number of esters is 1. The van der Waals surface area contributed by atoms with Crippen LogP contribution in [0.5, 0.6) is 0 Å². The van der Waals surface area contributed by atoms with Crippen LogP contribution in [0.1, 0.15) is 109 Å². The van der Waals surface area contributed by atoms with Crippen LogP contribution in [-0.2, 0) is 33.3 Å². The van der Waals surface area contributed by atoms with Crippen LogP contribution in [0, 0.1) is 29.6 Å². The molecule has 0 amide bonds. The van der Waals surface area contributed by atoms with Gasteiger partial charge < -0.3 is 39.0 Å². The number of carbonyl (C=O) groups excluding carboxylic acids is 2. The zero-order valence-electron chi connectivity index (χ0n) is 29.9. The van der Waals surface area contributed by atoms with Gasteiger partial charge in [0.2, 0.25) is 0 Å². The highest BCUT2D eigenvalue weighted by atomic mass is 16.7. The highest BCUT2D eigenvalue weighted by Crippen LogP contribution is 2.41. The average molecular weight is 633 g/mol. The van der Waals surface area contributed by atoms with Crippen molar-refractivity contribution in [2.24, 2.45) is 29.6 Å². The molecule has 0 radical (unpaired) electrons. The van der Waals surface area contributed by atoms with E-state index in [1.165, 1.54) is 20.5 Å². The summed E-state index contributed by atoms with van der Waals surface area (Å²) in [5, 5.41) is 33.3. The van der Waals surface area contributed by atoms with Gasteiger partial charge in [0.25, 0.3) is 0 Å². The standard InChI is InChI=1S/C31H56O10.C3H8/c1-13-22-31(10,36)26(33)18(4)24(32)16(2)14-29(8,37-11)20(6)17(3)25(19(5)28(35)40-22)41-23-15-30(9,38-12)27(34)21(7)39-23;1-3-2/h16-23,25-27,33-34,36H,13-15H2,1-12H3;3H2,1-2H3/t16-,17-,18+,19-,20-,21+,22-,23+,25+,26-,27+,29-,30-,31-;/m1./s1. The lowest BCUT2D eigenvalue weighted by Crippen LogP contribution is -2.58. The number of rotatable bonds is 5. The van der Waals surface area contributed by atoms with Crippen LogP contribution in [-0.4, -0.2) is 94.9 Å². The summed E-state index contributed by atoms with van der Waals surface area (Å²) >= 11 is 0. The fraction of sp³-hybridized carbons (Fsp3) is 0.941. The Morgan fingerprint density at radius 1 is 0.841 bits per heavy atom. The van der Waals surface area contributed by atoms with Crippen molar-refractivity contribution in [1.82, 2.24) is 0 Å². The maximum Gasteiger partial charge on any atom is 0.311 e. The minimum absolute atomic E-state index is 0.198. The third-order valence-electron chi connectivity index (χ3n) is 10.4. The Morgan fingerprint density at radius 2 is 1.36 bits per heavy atom. The zero-order chi connectivity index (χ0) is 34.4. The Bertz CT molecular complexity index is 910. The Kier molecular flexibility index (Phi) is 15.4. The average Bonchev–Trinajstić information content (AvgIpc) is 2.98. The quantitative estimate of drug-likeness (QED) is 0.366. The van der Waals surface area contributed by atoms with Crippen molar-refractivity contribution in [3.8, 4) is 0 Å². The van der Waals surface area contributed by atoms with Gasteiger partial charge in [-0.2, -0.15) is 0 Å². The van der Waals surface area contributed by atoms with Gasteiger partial charge in [0.1, 0.15) is 23.6 Å². The smallest absolute Gasteiger partial charge is 0.311 e. The first-order chi connectivity index (χ1) is 20.2. The Morgan fingerprint density at radius 3 is 1.84 bits per heavy atom. The minimum Gasteiger partial charge on any atom is -0.459 e. The molecular weight excluding hydrogens is 568 g/mol. The van der Waals surface area contributed by atoms with E-state index in [4.69, 9.17) is 23.7 Å². The Balaban J connectivity index is 0.00000309. The summed E-state index contributed by atoms with van der Waals surface area (Å²) in [5.74, 6) is -3.46. The molecule has 2 fully saturated rings. The lowest BCUT2D eigenvalue weighted by atomic mass is 9.70. The van der Waals surface area contributed by atoms with E-state index in [0.717, 1.165) is 0 Å². The second-order valence-electron chi connectivity index (χ2n) is 14.0. The van der Waals surface area contributed by atoms with Crippen molar-refractivity contribution < 1.29 is 48.6 Å². The molecule has 0 aromatic heterocycles. The molecule has 2 saturated heterocycles. The van der Waals surface area contributed by atoms with Gasteiger partial charge in [0, 0.05) is 32.5 Å². The van der Waals surface area contributed by atoms with Crippen molar-refractivity contribution >= 4 is 11.8 Å². The maximum atomic E-state index is 13.7. The summed E-state index contributed by atoms with van der Waals surface area (Å²) in [6.07, 6.45) is -3.39. The molecular formula is C34H64O10. The summed E-state index contributed by atoms with van der Waals surface area (Å²) < 4.78 is 30.2. The molecule has 2 heterocycles. The van der Waals surface area contributed by atoms with Crippen LogP contribution >= 0.6 is 0 Å². The predicted octanol–water partition coefficient (Wildman–Crippen LogP) is 4.68. The normalized spacial score (nSPS) is 46.3. The lowest BCUT2D eigenvalue weighted by Gasteiger charge is -2.47. The highest BCUT2D eigenvalue weighted by Gasteiger charge is 2.51. The number of ether oxygens (including phenoxy) is 5. The van der Waals surface area contributed by atoms with Crippen molar-refractivity contribution in [3.63, 3.8) is 0 Å². The number of aliphatic hydroxyl groups excluding tert-OH is 2. The van der Waals surface area contributed by atoms with E-state index < -0.39 is 77.3 Å². The molecule has 2 aliphatic heterocycles. The van der Waals surface area contributed by atoms with Crippen LogP contribution in [0.4, 0.5) is 0 Å². The van der Waals surface area contributed by atoms with E-state index in [1.54, 1.807) is 41.7 Å². The summed E-state index contributed by atoms with van der Waals surface area (Å²) in [4.78, 5) is 27.2. The van der Waals surface area contributed by atoms with Crippen molar-refractivity contribution in [2.45, 2.75) is 162 Å². The van der Waals surface area contributed by atoms with E-state index in [0.29, 0.717) is 6.42 Å². The second kappa shape index (κ2) is 16.6. The largest absolute Gasteiger partial charge is 0.459 e. The molecule has 10 heteroatoms. The molecule has 2 rings (SSSR count). The minimum atomic E-state index is -1.87. The third kappa shape index (κ3) is 9.02. The van der Waals surface area contributed by atoms with Gasteiger partial charge in [-0.05, 0) is 59.3 Å². The van der Waals surface area contributed by atoms with Gasteiger partial charge in [0.15, 0.2) is 6.29 Å². The van der Waals surface area contributed by atoms with Crippen molar-refractivity contribution in [3.05, 3.63) is 0 Å². The number of methoxy groups -OCH3 is 2. The number of aliphatic hydroxyl groups is 3. The fourth-order valence-corrected chi connectivity index (χ4v) is 6.77. The lowest BCUT2D eigenvalue weighted by molar-refractivity contribution is -0.298. The van der Waals surface area contributed by atoms with Crippen LogP contribution in [0.2, 0.25) is 0 Å². The van der Waals surface area contributed by atoms with Gasteiger partial charge in [-0.15, -0.1) is 0 Å². The van der Waals surface area contributed by atoms with E-state index in [9.17, 15) is 24.9 Å². The first kappa shape index (κ1) is 40.9. The summed E-state index contributed by atoms with van der Waals surface area (Å²) in [5.41, 5.74) is -3.58. The molecule has 0 spiro atoms. The highest BCUT2D eigenvalue weighted by molar-refractivity contribution is 5.83. The van der Waals surface area contributed by atoms with Gasteiger partial charge in [-0.3, -0.25) is 9.59 Å². The zero-order valence-corrected chi connectivity index (χ0v) is 29.9. The predicted molar refractivity (Wildman–Crippen MR) is 169 cm³/mol. The van der Waals surface area contributed by atoms with Gasteiger partial charge in [-0.1, -0.05) is 54.9 Å². The molecule has 10 nitrogen and oxygen atoms in total. The monoisotopic (exact) mass is 632 g/mol. The van der Waals surface area contributed by atoms with Crippen molar-refractivity contribution in [2.75, 3.05) is 14.2 Å². The SMILES string of the molecule is CCC.CC[C@H]1OC(=O)[C@H](C)[C@@H](O[C@H]2C[C@@](C)(OC)[C@@H](O)[C@H](C)O2)[C@H](C)[C@@H](C)[C@](C)(OC)C[C@@H](C)C(=O)[C@H](C)[C@@H](O)[C@]1(C)O. The molecule has 2 aliphatic rings. The molecule has 3 N–H and O–H groups in total. The van der Waals surface area contributed by atoms with Gasteiger partial charge in [0.05, 0.1) is 35.4 Å². The van der Waals surface area contributed by atoms with Crippen LogP contribution in [0.25, 0.3) is 0 Å². The Labute approximate surface area is 266 Å². The third-order valence-corrected chi connectivity index (χ3v) is 10.4. The maximum absolute atomic E-state index is 13.7. The topological polar surface area (TPSA) is 141 Å². The van der Waals surface area contributed by atoms with Gasteiger partial charge >= 0.3 is 5.97 Å². The number of carbonyl (C=O) groups is 2. The van der Waals surface area contributed by atoms with Crippen molar-refractivity contribution in [1.29, 1.82) is 0 Å².